The Morgan fingerprint density at radius 2 is 1.60 bits per heavy atom. The quantitative estimate of drug-likeness (QED) is 0.485. The zero-order valence-electron chi connectivity index (χ0n) is 19.9. The lowest BCUT2D eigenvalue weighted by molar-refractivity contribution is 0.303. The van der Waals surface area contributed by atoms with Crippen LogP contribution >= 0.6 is 0 Å². The molecule has 4 nitrogen and oxygen atoms in total. The molecule has 4 heteroatoms. The van der Waals surface area contributed by atoms with Crippen molar-refractivity contribution in [2.45, 2.75) is 41.5 Å². The summed E-state index contributed by atoms with van der Waals surface area (Å²) >= 11 is 0. The summed E-state index contributed by atoms with van der Waals surface area (Å²) in [6.07, 6.45) is 4.12. The largest absolute Gasteiger partial charge is 0.494 e. The van der Waals surface area contributed by atoms with Gasteiger partial charge in [-0.2, -0.15) is 0 Å². The van der Waals surface area contributed by atoms with Crippen molar-refractivity contribution in [2.75, 3.05) is 7.11 Å². The standard InChI is InChI=1S/C22H23N3O.2C2H6/c1-14-10-15(2)24(3)20(14)12-18-22(26-5)13-17(23-18)21-11-16-8-6-7-9-19(16)25(21)4;2*1-2/h6-13H,1-5H3;2*1-2H3/b18-12-;;. The maximum atomic E-state index is 5.61. The summed E-state index contributed by atoms with van der Waals surface area (Å²) < 4.78 is 9.97. The number of ether oxygens (including phenoxy) is 1. The van der Waals surface area contributed by atoms with Crippen LogP contribution in [0.15, 0.2) is 58.9 Å². The van der Waals surface area contributed by atoms with E-state index in [0.717, 1.165) is 28.6 Å². The van der Waals surface area contributed by atoms with Crippen molar-refractivity contribution in [3.05, 3.63) is 76.6 Å². The molecule has 0 unspecified atom stereocenters. The highest BCUT2D eigenvalue weighted by Gasteiger charge is 2.20. The van der Waals surface area contributed by atoms with Crippen molar-refractivity contribution in [1.82, 2.24) is 9.13 Å². The van der Waals surface area contributed by atoms with Gasteiger partial charge in [-0.25, -0.2) is 4.99 Å². The number of hydrogen-bond donors (Lipinski definition) is 0. The van der Waals surface area contributed by atoms with E-state index < -0.39 is 0 Å². The normalized spacial score (nSPS) is 14.0. The van der Waals surface area contributed by atoms with Gasteiger partial charge in [-0.15, -0.1) is 0 Å². The topological polar surface area (TPSA) is 31.4 Å². The maximum absolute atomic E-state index is 5.61. The van der Waals surface area contributed by atoms with Crippen molar-refractivity contribution in [3.8, 4) is 0 Å². The third-order valence-electron chi connectivity index (χ3n) is 5.19. The van der Waals surface area contributed by atoms with Crippen LogP contribution < -0.4 is 0 Å². The molecule has 3 heterocycles. The molecule has 1 aromatic carbocycles. The van der Waals surface area contributed by atoms with Gasteiger partial charge in [-0.3, -0.25) is 0 Å². The fraction of sp³-hybridized carbons (Fsp3) is 0.346. The Kier molecular flexibility index (Phi) is 7.87. The third-order valence-corrected chi connectivity index (χ3v) is 5.19. The molecule has 0 spiro atoms. The van der Waals surface area contributed by atoms with Gasteiger partial charge in [0.1, 0.15) is 11.5 Å². The van der Waals surface area contributed by atoms with Gasteiger partial charge in [-0.1, -0.05) is 45.9 Å². The maximum Gasteiger partial charge on any atom is 0.146 e. The molecule has 0 fully saturated rings. The Bertz CT molecular complexity index is 1110. The molecular formula is C26H35N3O. The Balaban J connectivity index is 0.000000757. The van der Waals surface area contributed by atoms with E-state index >= 15 is 0 Å². The van der Waals surface area contributed by atoms with Crippen LogP contribution in [0.25, 0.3) is 17.0 Å². The molecule has 0 N–H and O–H groups in total. The highest BCUT2D eigenvalue weighted by molar-refractivity contribution is 6.13. The average molecular weight is 406 g/mol. The second-order valence-electron chi connectivity index (χ2n) is 6.80. The number of hydrogen-bond acceptors (Lipinski definition) is 2. The molecule has 0 saturated carbocycles. The second kappa shape index (κ2) is 10.1. The lowest BCUT2D eigenvalue weighted by atomic mass is 10.2. The van der Waals surface area contributed by atoms with Gasteiger partial charge in [0.05, 0.1) is 18.5 Å². The van der Waals surface area contributed by atoms with E-state index in [1.807, 2.05) is 33.8 Å². The Morgan fingerprint density at radius 1 is 0.933 bits per heavy atom. The molecule has 2 aromatic heterocycles. The monoisotopic (exact) mass is 405 g/mol. The van der Waals surface area contributed by atoms with Gasteiger partial charge >= 0.3 is 0 Å². The molecule has 0 atom stereocenters. The van der Waals surface area contributed by atoms with Gasteiger partial charge < -0.3 is 13.9 Å². The summed E-state index contributed by atoms with van der Waals surface area (Å²) in [6.45, 7) is 12.2. The fourth-order valence-electron chi connectivity index (χ4n) is 3.63. The molecule has 0 aliphatic carbocycles. The number of benzene rings is 1. The fourth-order valence-corrected chi connectivity index (χ4v) is 3.63. The van der Waals surface area contributed by atoms with Crippen LogP contribution in [0.1, 0.15) is 50.3 Å². The van der Waals surface area contributed by atoms with Crippen LogP contribution in [0, 0.1) is 13.8 Å². The van der Waals surface area contributed by atoms with Gasteiger partial charge in [0.15, 0.2) is 0 Å². The third kappa shape index (κ3) is 4.28. The van der Waals surface area contributed by atoms with E-state index in [1.165, 1.54) is 22.2 Å². The van der Waals surface area contributed by atoms with Crippen molar-refractivity contribution in [1.29, 1.82) is 0 Å². The summed E-state index contributed by atoms with van der Waals surface area (Å²) in [5.41, 5.74) is 7.69. The lowest BCUT2D eigenvalue weighted by Gasteiger charge is -2.05. The molecule has 0 radical (unpaired) electrons. The minimum Gasteiger partial charge on any atom is -0.494 e. The number of aryl methyl sites for hydroxylation is 3. The van der Waals surface area contributed by atoms with Gasteiger partial charge in [0.25, 0.3) is 0 Å². The summed E-state index contributed by atoms with van der Waals surface area (Å²) in [5.74, 6) is 0.795. The van der Waals surface area contributed by atoms with Crippen LogP contribution in [0.2, 0.25) is 0 Å². The predicted molar refractivity (Wildman–Crippen MR) is 130 cm³/mol. The summed E-state index contributed by atoms with van der Waals surface area (Å²) in [6, 6.07) is 12.7. The van der Waals surface area contributed by atoms with Crippen molar-refractivity contribution in [2.24, 2.45) is 19.1 Å². The SMILES string of the molecule is CC.CC.COC1=CC(c2cc3ccccc3n2C)=N/C1=C\c1c(C)cc(C)n1C. The van der Waals surface area contributed by atoms with E-state index in [2.05, 4.69) is 79.6 Å². The highest BCUT2D eigenvalue weighted by atomic mass is 16.5. The zero-order valence-corrected chi connectivity index (χ0v) is 19.9. The zero-order chi connectivity index (χ0) is 22.4. The first-order valence-corrected chi connectivity index (χ1v) is 10.7. The van der Waals surface area contributed by atoms with Crippen LogP contribution in [0.5, 0.6) is 0 Å². The van der Waals surface area contributed by atoms with Crippen molar-refractivity contribution in [3.63, 3.8) is 0 Å². The first-order valence-electron chi connectivity index (χ1n) is 10.7. The van der Waals surface area contributed by atoms with Crippen molar-refractivity contribution < 1.29 is 4.74 Å². The number of rotatable bonds is 3. The van der Waals surface area contributed by atoms with E-state index in [1.54, 1.807) is 7.11 Å². The van der Waals surface area contributed by atoms with Crippen LogP contribution in [0.3, 0.4) is 0 Å². The van der Waals surface area contributed by atoms with E-state index in [-0.39, 0.29) is 0 Å². The summed E-state index contributed by atoms with van der Waals surface area (Å²) in [4.78, 5) is 4.88. The average Bonchev–Trinajstić information content (AvgIpc) is 3.41. The molecule has 4 rings (SSSR count). The summed E-state index contributed by atoms with van der Waals surface area (Å²) in [5, 5.41) is 1.21. The van der Waals surface area contributed by atoms with Crippen molar-refractivity contribution >= 4 is 22.7 Å². The Labute approximate surface area is 181 Å². The number of allylic oxidation sites excluding steroid dienone is 1. The van der Waals surface area contributed by atoms with Crippen LogP contribution in [-0.2, 0) is 18.8 Å². The smallest absolute Gasteiger partial charge is 0.146 e. The highest BCUT2D eigenvalue weighted by Crippen LogP contribution is 2.28. The number of fused-ring (bicyclic) bond motifs is 1. The molecule has 1 aliphatic rings. The van der Waals surface area contributed by atoms with Gasteiger partial charge in [0.2, 0.25) is 0 Å². The first kappa shape index (κ1) is 23.3. The number of methoxy groups -OCH3 is 1. The number of para-hydroxylation sites is 1. The Hall–Kier alpha value is -3.01. The number of aliphatic imine (C=N–C) groups is 1. The molecule has 160 valence electrons. The van der Waals surface area contributed by atoms with E-state index in [9.17, 15) is 0 Å². The molecule has 0 saturated heterocycles. The van der Waals surface area contributed by atoms with Gasteiger partial charge in [-0.05, 0) is 43.7 Å². The second-order valence-corrected chi connectivity index (χ2v) is 6.80. The molecule has 0 bridgehead atoms. The molecule has 30 heavy (non-hydrogen) atoms. The van der Waals surface area contributed by atoms with Crippen LogP contribution in [0.4, 0.5) is 0 Å². The molecular weight excluding hydrogens is 370 g/mol. The van der Waals surface area contributed by atoms with Gasteiger partial charge in [0, 0.05) is 42.5 Å². The van der Waals surface area contributed by atoms with Crippen LogP contribution in [-0.4, -0.2) is 22.0 Å². The molecule has 3 aromatic rings. The molecule has 0 amide bonds. The Morgan fingerprint density at radius 3 is 2.17 bits per heavy atom. The first-order chi connectivity index (χ1) is 14.5. The minimum atomic E-state index is 0.795. The number of nitrogens with zero attached hydrogens (tertiary/aromatic N) is 3. The van der Waals surface area contributed by atoms with E-state index in [0.29, 0.717) is 0 Å². The predicted octanol–water partition coefficient (Wildman–Crippen LogP) is 6.56. The van der Waals surface area contributed by atoms with E-state index in [4.69, 9.17) is 9.73 Å². The summed E-state index contributed by atoms with van der Waals surface area (Å²) in [7, 11) is 5.85. The minimum absolute atomic E-state index is 0.795. The lowest BCUT2D eigenvalue weighted by Crippen LogP contribution is -2.02. The molecule has 1 aliphatic heterocycles. The number of aromatic nitrogens is 2.